The first-order valence-electron chi connectivity index (χ1n) is 6.28. The van der Waals surface area contributed by atoms with Crippen LogP contribution in [0.4, 0.5) is 0 Å². The molecule has 3 heteroatoms. The quantitative estimate of drug-likeness (QED) is 0.841. The summed E-state index contributed by atoms with van der Waals surface area (Å²) in [5.74, 6) is 1.11. The number of benzene rings is 1. The van der Waals surface area contributed by atoms with E-state index in [0.717, 1.165) is 37.2 Å². The fourth-order valence-electron chi connectivity index (χ4n) is 2.67. The second-order valence-corrected chi connectivity index (χ2v) is 4.71. The molecule has 1 heterocycles. The molecule has 2 rings (SSSR count). The third-order valence-electron chi connectivity index (χ3n) is 3.83. The van der Waals surface area contributed by atoms with Crippen molar-refractivity contribution in [2.24, 2.45) is 5.92 Å². The summed E-state index contributed by atoms with van der Waals surface area (Å²) in [5.41, 5.74) is 0.318. The van der Waals surface area contributed by atoms with Gasteiger partial charge < -0.3 is 15.2 Å². The van der Waals surface area contributed by atoms with Crippen LogP contribution in [0.5, 0.6) is 5.75 Å². The Morgan fingerprint density at radius 2 is 2.12 bits per heavy atom. The van der Waals surface area contributed by atoms with Crippen LogP contribution in [0.15, 0.2) is 24.3 Å². The van der Waals surface area contributed by atoms with E-state index in [1.165, 1.54) is 0 Å². The second-order valence-electron chi connectivity index (χ2n) is 4.71. The summed E-state index contributed by atoms with van der Waals surface area (Å²) >= 11 is 0. The molecular formula is C14H21NO2. The Kier molecular flexibility index (Phi) is 3.69. The Bertz CT molecular complexity index is 363. The van der Waals surface area contributed by atoms with Crippen molar-refractivity contribution >= 4 is 0 Å². The van der Waals surface area contributed by atoms with Gasteiger partial charge in [-0.1, -0.05) is 19.1 Å². The van der Waals surface area contributed by atoms with E-state index >= 15 is 0 Å². The van der Waals surface area contributed by atoms with Gasteiger partial charge in [0, 0.05) is 12.5 Å². The van der Waals surface area contributed by atoms with Crippen LogP contribution < -0.4 is 10.1 Å². The molecule has 2 N–H and O–H groups in total. The summed E-state index contributed by atoms with van der Waals surface area (Å²) < 4.78 is 5.15. The van der Waals surface area contributed by atoms with Crippen molar-refractivity contribution in [3.63, 3.8) is 0 Å². The van der Waals surface area contributed by atoms with E-state index in [1.807, 2.05) is 24.3 Å². The summed E-state index contributed by atoms with van der Waals surface area (Å²) in [6, 6.07) is 7.80. The van der Waals surface area contributed by atoms with Crippen molar-refractivity contribution in [2.45, 2.75) is 25.4 Å². The maximum Gasteiger partial charge on any atom is 0.118 e. The first kappa shape index (κ1) is 12.4. The number of piperidine rings is 1. The molecule has 1 fully saturated rings. The number of aliphatic hydroxyl groups is 1. The maximum absolute atomic E-state index is 10.9. The van der Waals surface area contributed by atoms with Crippen molar-refractivity contribution in [2.75, 3.05) is 20.2 Å². The lowest BCUT2D eigenvalue weighted by molar-refractivity contribution is -0.0478. The normalized spacial score (nSPS) is 29.0. The molecular weight excluding hydrogens is 214 g/mol. The minimum atomic E-state index is -0.688. The van der Waals surface area contributed by atoms with Crippen LogP contribution in [-0.2, 0) is 5.60 Å². The van der Waals surface area contributed by atoms with Gasteiger partial charge in [0.05, 0.1) is 12.7 Å². The zero-order valence-electron chi connectivity index (χ0n) is 10.6. The molecule has 0 aromatic heterocycles. The molecule has 2 unspecified atom stereocenters. The van der Waals surface area contributed by atoms with Crippen molar-refractivity contribution in [3.8, 4) is 5.75 Å². The van der Waals surface area contributed by atoms with Crippen LogP contribution in [0.25, 0.3) is 0 Å². The van der Waals surface area contributed by atoms with Crippen LogP contribution in [-0.4, -0.2) is 25.3 Å². The lowest BCUT2D eigenvalue weighted by atomic mass is 9.75. The molecule has 0 radical (unpaired) electrons. The maximum atomic E-state index is 10.9. The molecule has 1 saturated heterocycles. The van der Waals surface area contributed by atoms with E-state index < -0.39 is 5.60 Å². The van der Waals surface area contributed by atoms with Gasteiger partial charge in [-0.3, -0.25) is 0 Å². The number of rotatable bonds is 3. The second kappa shape index (κ2) is 5.07. The molecule has 0 saturated carbocycles. The first-order chi connectivity index (χ1) is 8.20. The number of methoxy groups -OCH3 is 1. The highest BCUT2D eigenvalue weighted by atomic mass is 16.5. The summed E-state index contributed by atoms with van der Waals surface area (Å²) in [6.07, 6.45) is 1.76. The summed E-state index contributed by atoms with van der Waals surface area (Å²) in [4.78, 5) is 0. The Morgan fingerprint density at radius 1 is 1.41 bits per heavy atom. The standard InChI is InChI=1S/C14H21NO2/c1-3-11-10-15-9-8-14(11,16)12-4-6-13(17-2)7-5-12/h4-7,11,15-16H,3,8-10H2,1-2H3. The Labute approximate surface area is 103 Å². The van der Waals surface area contributed by atoms with E-state index in [1.54, 1.807) is 7.11 Å². The average molecular weight is 235 g/mol. The Balaban J connectivity index is 2.27. The molecule has 3 nitrogen and oxygen atoms in total. The molecule has 1 aliphatic rings. The third-order valence-corrected chi connectivity index (χ3v) is 3.83. The molecule has 1 aliphatic heterocycles. The minimum Gasteiger partial charge on any atom is -0.497 e. The van der Waals surface area contributed by atoms with Gasteiger partial charge >= 0.3 is 0 Å². The molecule has 0 aliphatic carbocycles. The van der Waals surface area contributed by atoms with Crippen molar-refractivity contribution in [3.05, 3.63) is 29.8 Å². The van der Waals surface area contributed by atoms with E-state index in [0.29, 0.717) is 0 Å². The number of hydrogen-bond acceptors (Lipinski definition) is 3. The van der Waals surface area contributed by atoms with Crippen LogP contribution in [0.3, 0.4) is 0 Å². The molecule has 0 spiro atoms. The van der Waals surface area contributed by atoms with Crippen LogP contribution >= 0.6 is 0 Å². The van der Waals surface area contributed by atoms with E-state index in [2.05, 4.69) is 12.2 Å². The highest BCUT2D eigenvalue weighted by Crippen LogP contribution is 2.37. The molecule has 17 heavy (non-hydrogen) atoms. The largest absolute Gasteiger partial charge is 0.497 e. The molecule has 0 bridgehead atoms. The van der Waals surface area contributed by atoms with Gasteiger partial charge in [0.1, 0.15) is 5.75 Å². The summed E-state index contributed by atoms with van der Waals surface area (Å²) in [5, 5.41) is 14.2. The van der Waals surface area contributed by atoms with Gasteiger partial charge in [-0.05, 0) is 37.1 Å². The zero-order chi connectivity index (χ0) is 12.3. The lowest BCUT2D eigenvalue weighted by Gasteiger charge is -2.40. The fourth-order valence-corrected chi connectivity index (χ4v) is 2.67. The van der Waals surface area contributed by atoms with Gasteiger partial charge in [0.2, 0.25) is 0 Å². The van der Waals surface area contributed by atoms with Crippen molar-refractivity contribution in [1.82, 2.24) is 5.32 Å². The average Bonchev–Trinajstić information content (AvgIpc) is 2.39. The highest BCUT2D eigenvalue weighted by Gasteiger charge is 2.39. The lowest BCUT2D eigenvalue weighted by Crippen LogP contribution is -2.47. The third kappa shape index (κ3) is 2.31. The van der Waals surface area contributed by atoms with Gasteiger partial charge in [-0.2, -0.15) is 0 Å². The van der Waals surface area contributed by atoms with Crippen molar-refractivity contribution < 1.29 is 9.84 Å². The van der Waals surface area contributed by atoms with E-state index in [4.69, 9.17) is 4.74 Å². The van der Waals surface area contributed by atoms with E-state index in [9.17, 15) is 5.11 Å². The predicted octanol–water partition coefficient (Wildman–Crippen LogP) is 1.90. The molecule has 1 aromatic carbocycles. The van der Waals surface area contributed by atoms with Crippen LogP contribution in [0, 0.1) is 5.92 Å². The molecule has 94 valence electrons. The van der Waals surface area contributed by atoms with Crippen LogP contribution in [0.2, 0.25) is 0 Å². The van der Waals surface area contributed by atoms with Crippen molar-refractivity contribution in [1.29, 1.82) is 0 Å². The number of nitrogens with one attached hydrogen (secondary N) is 1. The summed E-state index contributed by atoms with van der Waals surface area (Å²) in [7, 11) is 1.66. The van der Waals surface area contributed by atoms with Gasteiger partial charge in [0.15, 0.2) is 0 Å². The van der Waals surface area contributed by atoms with Crippen LogP contribution in [0.1, 0.15) is 25.3 Å². The topological polar surface area (TPSA) is 41.5 Å². The molecule has 2 atom stereocenters. The van der Waals surface area contributed by atoms with Gasteiger partial charge in [-0.25, -0.2) is 0 Å². The summed E-state index contributed by atoms with van der Waals surface area (Å²) in [6.45, 7) is 3.89. The zero-order valence-corrected chi connectivity index (χ0v) is 10.6. The van der Waals surface area contributed by atoms with E-state index in [-0.39, 0.29) is 5.92 Å². The molecule has 1 aromatic rings. The van der Waals surface area contributed by atoms with Gasteiger partial charge in [0.25, 0.3) is 0 Å². The fraction of sp³-hybridized carbons (Fsp3) is 0.571. The number of ether oxygens (including phenoxy) is 1. The smallest absolute Gasteiger partial charge is 0.118 e. The van der Waals surface area contributed by atoms with Gasteiger partial charge in [-0.15, -0.1) is 0 Å². The first-order valence-corrected chi connectivity index (χ1v) is 6.28. The molecule has 0 amide bonds. The Hall–Kier alpha value is -1.06. The highest BCUT2D eigenvalue weighted by molar-refractivity contribution is 5.31. The predicted molar refractivity (Wildman–Crippen MR) is 68.2 cm³/mol. The minimum absolute atomic E-state index is 0.282. The Morgan fingerprint density at radius 3 is 2.71 bits per heavy atom. The monoisotopic (exact) mass is 235 g/mol. The SMILES string of the molecule is CCC1CNCCC1(O)c1ccc(OC)cc1. The number of hydrogen-bond donors (Lipinski definition) is 2.